The van der Waals surface area contributed by atoms with Crippen molar-refractivity contribution in [1.82, 2.24) is 4.57 Å². The molecule has 1 aliphatic rings. The molecule has 1 aliphatic heterocycles. The van der Waals surface area contributed by atoms with Crippen molar-refractivity contribution in [3.63, 3.8) is 0 Å². The highest BCUT2D eigenvalue weighted by Gasteiger charge is 2.34. The first-order chi connectivity index (χ1) is 20.4. The molecular weight excluding hydrogens is 554 g/mol. The number of aromatic nitrogens is 1. The van der Waals surface area contributed by atoms with Crippen molar-refractivity contribution in [2.24, 2.45) is 4.99 Å². The zero-order valence-corrected chi connectivity index (χ0v) is 24.8. The molecule has 0 bridgehead atoms. The van der Waals surface area contributed by atoms with E-state index in [1.54, 1.807) is 63.2 Å². The fourth-order valence-electron chi connectivity index (χ4n) is 4.87. The minimum atomic E-state index is -0.803. The number of rotatable bonds is 9. The molecular formula is C32H31N3O6S. The number of nitrogens with one attached hydrogen (secondary N) is 1. The summed E-state index contributed by atoms with van der Waals surface area (Å²) in [5, 5.41) is 2.96. The van der Waals surface area contributed by atoms with Gasteiger partial charge in [-0.05, 0) is 61.9 Å². The predicted octanol–water partition coefficient (Wildman–Crippen LogP) is 4.30. The van der Waals surface area contributed by atoms with Crippen LogP contribution in [0, 0.1) is 0 Å². The van der Waals surface area contributed by atoms with E-state index in [2.05, 4.69) is 5.32 Å². The molecule has 0 aliphatic carbocycles. The summed E-state index contributed by atoms with van der Waals surface area (Å²) in [6.07, 6.45) is 1.79. The number of nitrogens with zero attached hydrogens (tertiary/aromatic N) is 2. The summed E-state index contributed by atoms with van der Waals surface area (Å²) in [6.45, 7) is 4.18. The van der Waals surface area contributed by atoms with Gasteiger partial charge >= 0.3 is 0 Å². The predicted molar refractivity (Wildman–Crippen MR) is 163 cm³/mol. The molecule has 2 heterocycles. The smallest absolute Gasteiger partial charge is 0.271 e. The average Bonchev–Trinajstić information content (AvgIpc) is 3.31. The summed E-state index contributed by atoms with van der Waals surface area (Å²) in [5.41, 5.74) is 2.57. The summed E-state index contributed by atoms with van der Waals surface area (Å²) < 4.78 is 24.3. The van der Waals surface area contributed by atoms with E-state index in [-0.39, 0.29) is 11.5 Å². The third kappa shape index (κ3) is 5.53. The number of para-hydroxylation sites is 1. The Hall–Kier alpha value is -4.83. The fourth-order valence-corrected chi connectivity index (χ4v) is 5.92. The molecule has 1 N–H and O–H groups in total. The zero-order chi connectivity index (χ0) is 29.8. The van der Waals surface area contributed by atoms with Gasteiger partial charge in [-0.3, -0.25) is 14.2 Å². The van der Waals surface area contributed by atoms with Gasteiger partial charge in [-0.1, -0.05) is 35.6 Å². The number of anilines is 1. The molecule has 0 saturated carbocycles. The lowest BCUT2D eigenvalue weighted by Crippen LogP contribution is -2.40. The molecule has 0 unspecified atom stereocenters. The van der Waals surface area contributed by atoms with Gasteiger partial charge in [0.2, 0.25) is 0 Å². The van der Waals surface area contributed by atoms with E-state index in [1.165, 1.54) is 11.3 Å². The van der Waals surface area contributed by atoms with Crippen LogP contribution in [-0.2, 0) is 4.79 Å². The number of methoxy groups -OCH3 is 3. The lowest BCUT2D eigenvalue weighted by molar-refractivity contribution is -0.113. The molecule has 42 heavy (non-hydrogen) atoms. The Balaban J connectivity index is 1.69. The SMILES string of the molecule is CCOc1ccc(/C=c2\sc3n(c2=O)[C@H](c2ccc(OC)cc2OC)C(C(=O)Nc2ccccc2)=C(C)N=3)cc1OC. The van der Waals surface area contributed by atoms with E-state index in [9.17, 15) is 9.59 Å². The van der Waals surface area contributed by atoms with Crippen molar-refractivity contribution >= 4 is 29.0 Å². The highest BCUT2D eigenvalue weighted by molar-refractivity contribution is 7.07. The first-order valence-corrected chi connectivity index (χ1v) is 14.1. The van der Waals surface area contributed by atoms with Crippen molar-refractivity contribution < 1.29 is 23.7 Å². The number of amides is 1. The molecule has 1 amide bonds. The average molecular weight is 586 g/mol. The van der Waals surface area contributed by atoms with Crippen LogP contribution in [0.2, 0.25) is 0 Å². The number of thiazole rings is 1. The van der Waals surface area contributed by atoms with Gasteiger partial charge in [0, 0.05) is 17.3 Å². The Morgan fingerprint density at radius 2 is 1.74 bits per heavy atom. The maximum Gasteiger partial charge on any atom is 0.271 e. The monoisotopic (exact) mass is 585 g/mol. The number of ether oxygens (including phenoxy) is 4. The van der Waals surface area contributed by atoms with E-state index >= 15 is 0 Å². The molecule has 10 heteroatoms. The largest absolute Gasteiger partial charge is 0.497 e. The maximum absolute atomic E-state index is 14.1. The Morgan fingerprint density at radius 3 is 2.43 bits per heavy atom. The van der Waals surface area contributed by atoms with Crippen LogP contribution < -0.4 is 39.2 Å². The van der Waals surface area contributed by atoms with E-state index in [1.807, 2.05) is 49.4 Å². The molecule has 4 aromatic rings. The van der Waals surface area contributed by atoms with Crippen LogP contribution in [0.5, 0.6) is 23.0 Å². The maximum atomic E-state index is 14.1. The van der Waals surface area contributed by atoms with Crippen LogP contribution >= 0.6 is 11.3 Å². The topological polar surface area (TPSA) is 100 Å². The molecule has 0 saturated heterocycles. The third-order valence-corrected chi connectivity index (χ3v) is 7.80. The van der Waals surface area contributed by atoms with Crippen molar-refractivity contribution in [1.29, 1.82) is 0 Å². The first kappa shape index (κ1) is 28.7. The number of benzene rings is 3. The summed E-state index contributed by atoms with van der Waals surface area (Å²) in [7, 11) is 4.68. The lowest BCUT2D eigenvalue weighted by Gasteiger charge is -2.26. The van der Waals surface area contributed by atoms with Crippen molar-refractivity contribution in [3.8, 4) is 23.0 Å². The highest BCUT2D eigenvalue weighted by atomic mass is 32.1. The Morgan fingerprint density at radius 1 is 0.976 bits per heavy atom. The lowest BCUT2D eigenvalue weighted by atomic mass is 9.94. The van der Waals surface area contributed by atoms with Gasteiger partial charge in [0.15, 0.2) is 16.3 Å². The number of carbonyl (C=O) groups is 1. The van der Waals surface area contributed by atoms with Gasteiger partial charge in [-0.15, -0.1) is 0 Å². The number of carbonyl (C=O) groups excluding carboxylic acids is 1. The molecule has 0 spiro atoms. The van der Waals surface area contributed by atoms with E-state index < -0.39 is 6.04 Å². The molecule has 3 aromatic carbocycles. The molecule has 1 atom stereocenters. The van der Waals surface area contributed by atoms with Gasteiger partial charge in [-0.25, -0.2) is 4.99 Å². The van der Waals surface area contributed by atoms with Gasteiger partial charge in [0.1, 0.15) is 17.5 Å². The summed E-state index contributed by atoms with van der Waals surface area (Å²) in [5.74, 6) is 1.88. The van der Waals surface area contributed by atoms with E-state index in [0.29, 0.717) is 61.5 Å². The number of hydrogen-bond donors (Lipinski definition) is 1. The van der Waals surface area contributed by atoms with Crippen LogP contribution in [-0.4, -0.2) is 38.4 Å². The summed E-state index contributed by atoms with van der Waals surface area (Å²) >= 11 is 1.25. The normalized spacial score (nSPS) is 14.6. The van der Waals surface area contributed by atoms with Gasteiger partial charge in [0.25, 0.3) is 11.5 Å². The molecule has 0 fully saturated rings. The van der Waals surface area contributed by atoms with Crippen LogP contribution in [0.15, 0.2) is 87.8 Å². The quantitative estimate of drug-likeness (QED) is 0.315. The highest BCUT2D eigenvalue weighted by Crippen LogP contribution is 2.37. The Kier molecular flexibility index (Phi) is 8.44. The van der Waals surface area contributed by atoms with Crippen molar-refractivity contribution in [2.75, 3.05) is 33.3 Å². The molecule has 1 aromatic heterocycles. The molecule has 9 nitrogen and oxygen atoms in total. The number of allylic oxidation sites excluding steroid dienone is 1. The van der Waals surface area contributed by atoms with Gasteiger partial charge < -0.3 is 24.3 Å². The molecule has 5 rings (SSSR count). The fraction of sp³-hybridized carbons (Fsp3) is 0.219. The van der Waals surface area contributed by atoms with Crippen LogP contribution in [0.3, 0.4) is 0 Å². The van der Waals surface area contributed by atoms with Crippen molar-refractivity contribution in [3.05, 3.63) is 109 Å². The standard InChI is InChI=1S/C32H31N3O6S/c1-6-41-24-15-12-20(16-26(24)40-5)17-27-31(37)35-29(23-14-13-22(38-3)18-25(23)39-4)28(19(2)33-32(35)42-27)30(36)34-21-10-8-7-9-11-21/h7-18,29H,6H2,1-5H3,(H,34,36)/b27-17-/t29-/m1/s1. The third-order valence-electron chi connectivity index (χ3n) is 6.82. The van der Waals surface area contributed by atoms with Gasteiger partial charge in [-0.2, -0.15) is 0 Å². The first-order valence-electron chi connectivity index (χ1n) is 13.3. The second kappa shape index (κ2) is 12.4. The minimum absolute atomic E-state index is 0.285. The number of hydrogen-bond acceptors (Lipinski definition) is 8. The Bertz CT molecular complexity index is 1840. The number of fused-ring (bicyclic) bond motifs is 1. The van der Waals surface area contributed by atoms with Crippen LogP contribution in [0.1, 0.15) is 31.0 Å². The second-order valence-electron chi connectivity index (χ2n) is 9.35. The minimum Gasteiger partial charge on any atom is -0.497 e. The van der Waals surface area contributed by atoms with Crippen LogP contribution in [0.4, 0.5) is 5.69 Å². The summed E-state index contributed by atoms with van der Waals surface area (Å²) in [6, 6.07) is 19.2. The Labute approximate surface area is 247 Å². The zero-order valence-electron chi connectivity index (χ0n) is 24.0. The van der Waals surface area contributed by atoms with E-state index in [4.69, 9.17) is 23.9 Å². The summed E-state index contributed by atoms with van der Waals surface area (Å²) in [4.78, 5) is 33.1. The van der Waals surface area contributed by atoms with Crippen LogP contribution in [0.25, 0.3) is 6.08 Å². The second-order valence-corrected chi connectivity index (χ2v) is 10.4. The van der Waals surface area contributed by atoms with Gasteiger partial charge in [0.05, 0.1) is 43.7 Å². The molecule has 0 radical (unpaired) electrons. The van der Waals surface area contributed by atoms with Crippen molar-refractivity contribution in [2.45, 2.75) is 19.9 Å². The van der Waals surface area contributed by atoms with E-state index in [0.717, 1.165) is 5.56 Å². The molecule has 216 valence electrons.